The number of hydrogen-bond donors (Lipinski definition) is 2. The molecule has 0 saturated heterocycles. The molecule has 0 amide bonds. The lowest BCUT2D eigenvalue weighted by Gasteiger charge is -2.10. The maximum Gasteiger partial charge on any atom is 0.124 e. The third-order valence-electron chi connectivity index (χ3n) is 3.08. The van der Waals surface area contributed by atoms with E-state index in [-0.39, 0.29) is 6.61 Å². The van der Waals surface area contributed by atoms with Crippen LogP contribution in [0.1, 0.15) is 22.6 Å². The molecule has 1 aromatic carbocycles. The fourth-order valence-electron chi connectivity index (χ4n) is 2.07. The van der Waals surface area contributed by atoms with E-state index in [0.29, 0.717) is 12.3 Å². The lowest BCUT2D eigenvalue weighted by Crippen LogP contribution is -2.01. The zero-order valence-corrected chi connectivity index (χ0v) is 11.5. The van der Waals surface area contributed by atoms with Gasteiger partial charge in [0.25, 0.3) is 0 Å². The third kappa shape index (κ3) is 3.09. The normalized spacial score (nSPS) is 10.5. The molecule has 102 valence electrons. The third-order valence-corrected chi connectivity index (χ3v) is 3.08. The summed E-state index contributed by atoms with van der Waals surface area (Å²) >= 11 is 0. The molecule has 2 N–H and O–H groups in total. The monoisotopic (exact) mass is 261 g/mol. The van der Waals surface area contributed by atoms with Gasteiger partial charge >= 0.3 is 0 Å². The van der Waals surface area contributed by atoms with Gasteiger partial charge < -0.3 is 19.6 Å². The van der Waals surface area contributed by atoms with E-state index >= 15 is 0 Å². The van der Waals surface area contributed by atoms with Gasteiger partial charge in [0.15, 0.2) is 0 Å². The Balaban J connectivity index is 2.09. The molecule has 0 radical (unpaired) electrons. The van der Waals surface area contributed by atoms with Gasteiger partial charge in [0, 0.05) is 23.4 Å². The van der Waals surface area contributed by atoms with E-state index in [2.05, 4.69) is 5.32 Å². The highest BCUT2D eigenvalue weighted by Crippen LogP contribution is 2.23. The number of aliphatic hydroxyl groups is 1. The van der Waals surface area contributed by atoms with Crippen molar-refractivity contribution in [2.75, 3.05) is 12.4 Å². The van der Waals surface area contributed by atoms with Crippen LogP contribution in [-0.4, -0.2) is 12.2 Å². The van der Waals surface area contributed by atoms with Gasteiger partial charge in [-0.05, 0) is 38.1 Å². The SMILES string of the molecule is COc1ccc(NCc2cc(C)oc2C)cc1CO. The second-order valence-electron chi connectivity index (χ2n) is 4.48. The van der Waals surface area contributed by atoms with E-state index in [0.717, 1.165) is 28.3 Å². The van der Waals surface area contributed by atoms with Crippen LogP contribution in [0.2, 0.25) is 0 Å². The summed E-state index contributed by atoms with van der Waals surface area (Å²) in [5, 5.41) is 12.6. The van der Waals surface area contributed by atoms with Crippen molar-refractivity contribution in [1.82, 2.24) is 0 Å². The first-order valence-electron chi connectivity index (χ1n) is 6.21. The van der Waals surface area contributed by atoms with Crippen molar-refractivity contribution in [1.29, 1.82) is 0 Å². The molecule has 0 aliphatic rings. The lowest BCUT2D eigenvalue weighted by atomic mass is 10.1. The molecule has 2 aromatic rings. The molecule has 0 aliphatic heterocycles. The Labute approximate surface area is 113 Å². The number of benzene rings is 1. The van der Waals surface area contributed by atoms with E-state index in [1.165, 1.54) is 0 Å². The van der Waals surface area contributed by atoms with Crippen LogP contribution < -0.4 is 10.1 Å². The van der Waals surface area contributed by atoms with Crippen LogP contribution in [0.25, 0.3) is 0 Å². The maximum absolute atomic E-state index is 9.28. The number of rotatable bonds is 5. The van der Waals surface area contributed by atoms with Crippen LogP contribution in [0.5, 0.6) is 5.75 Å². The number of ether oxygens (including phenoxy) is 1. The highest BCUT2D eigenvalue weighted by Gasteiger charge is 2.06. The molecule has 0 atom stereocenters. The summed E-state index contributed by atoms with van der Waals surface area (Å²) in [6.07, 6.45) is 0. The second-order valence-corrected chi connectivity index (χ2v) is 4.48. The van der Waals surface area contributed by atoms with Gasteiger partial charge in [-0.25, -0.2) is 0 Å². The molecular formula is C15H19NO3. The van der Waals surface area contributed by atoms with Crippen LogP contribution in [0, 0.1) is 13.8 Å². The summed E-state index contributed by atoms with van der Waals surface area (Å²) in [5.41, 5.74) is 2.86. The first-order chi connectivity index (χ1) is 9.13. The number of aliphatic hydroxyl groups excluding tert-OH is 1. The summed E-state index contributed by atoms with van der Waals surface area (Å²) in [4.78, 5) is 0. The standard InChI is InChI=1S/C15H19NO3/c1-10-6-12(11(2)19-10)8-16-14-4-5-15(18-3)13(7-14)9-17/h4-7,16-17H,8-9H2,1-3H3. The Bertz CT molecular complexity index is 561. The van der Waals surface area contributed by atoms with Crippen molar-refractivity contribution < 1.29 is 14.3 Å². The van der Waals surface area contributed by atoms with Gasteiger partial charge in [0.2, 0.25) is 0 Å². The van der Waals surface area contributed by atoms with Crippen LogP contribution in [0.4, 0.5) is 5.69 Å². The van der Waals surface area contributed by atoms with E-state index in [9.17, 15) is 5.11 Å². The largest absolute Gasteiger partial charge is 0.496 e. The number of aryl methyl sites for hydroxylation is 2. The Morgan fingerprint density at radius 3 is 2.58 bits per heavy atom. The molecule has 0 saturated carbocycles. The highest BCUT2D eigenvalue weighted by atomic mass is 16.5. The Kier molecular flexibility index (Phi) is 4.12. The lowest BCUT2D eigenvalue weighted by molar-refractivity contribution is 0.274. The van der Waals surface area contributed by atoms with E-state index in [1.807, 2.05) is 38.1 Å². The molecule has 1 heterocycles. The fourth-order valence-corrected chi connectivity index (χ4v) is 2.07. The highest BCUT2D eigenvalue weighted by molar-refractivity contribution is 5.51. The minimum absolute atomic E-state index is 0.0391. The molecule has 0 fully saturated rings. The van der Waals surface area contributed by atoms with Crippen molar-refractivity contribution in [3.63, 3.8) is 0 Å². The smallest absolute Gasteiger partial charge is 0.124 e. The minimum Gasteiger partial charge on any atom is -0.496 e. The van der Waals surface area contributed by atoms with Crippen molar-refractivity contribution in [3.8, 4) is 5.75 Å². The van der Waals surface area contributed by atoms with Crippen molar-refractivity contribution in [2.24, 2.45) is 0 Å². The molecule has 0 aliphatic carbocycles. The molecule has 19 heavy (non-hydrogen) atoms. The van der Waals surface area contributed by atoms with E-state index in [1.54, 1.807) is 7.11 Å². The Morgan fingerprint density at radius 2 is 2.00 bits per heavy atom. The molecule has 0 spiro atoms. The molecule has 0 bridgehead atoms. The predicted octanol–water partition coefficient (Wildman–Crippen LogP) is 3.01. The minimum atomic E-state index is -0.0391. The Morgan fingerprint density at radius 1 is 1.21 bits per heavy atom. The van der Waals surface area contributed by atoms with Crippen LogP contribution in [0.15, 0.2) is 28.7 Å². The van der Waals surface area contributed by atoms with Crippen molar-refractivity contribution in [3.05, 3.63) is 46.9 Å². The van der Waals surface area contributed by atoms with Crippen molar-refractivity contribution in [2.45, 2.75) is 27.0 Å². The molecule has 4 nitrogen and oxygen atoms in total. The summed E-state index contributed by atoms with van der Waals surface area (Å²) < 4.78 is 10.7. The van der Waals surface area contributed by atoms with Crippen LogP contribution >= 0.6 is 0 Å². The van der Waals surface area contributed by atoms with Crippen molar-refractivity contribution >= 4 is 5.69 Å². The average molecular weight is 261 g/mol. The van der Waals surface area contributed by atoms with Gasteiger partial charge in [-0.3, -0.25) is 0 Å². The first kappa shape index (κ1) is 13.5. The molecular weight excluding hydrogens is 242 g/mol. The zero-order chi connectivity index (χ0) is 13.8. The second kappa shape index (κ2) is 5.80. The number of hydrogen-bond acceptors (Lipinski definition) is 4. The van der Waals surface area contributed by atoms with Gasteiger partial charge in [0.1, 0.15) is 17.3 Å². The topological polar surface area (TPSA) is 54.6 Å². The van der Waals surface area contributed by atoms with E-state index in [4.69, 9.17) is 9.15 Å². The molecule has 2 rings (SSSR count). The number of furan rings is 1. The van der Waals surface area contributed by atoms with Gasteiger partial charge in [-0.1, -0.05) is 0 Å². The maximum atomic E-state index is 9.28. The van der Waals surface area contributed by atoms with Gasteiger partial charge in [-0.2, -0.15) is 0 Å². The van der Waals surface area contributed by atoms with Gasteiger partial charge in [0.05, 0.1) is 13.7 Å². The summed E-state index contributed by atoms with van der Waals surface area (Å²) in [7, 11) is 1.60. The average Bonchev–Trinajstić information content (AvgIpc) is 2.74. The molecule has 0 unspecified atom stereocenters. The number of methoxy groups -OCH3 is 1. The fraction of sp³-hybridized carbons (Fsp3) is 0.333. The summed E-state index contributed by atoms with van der Waals surface area (Å²) in [6, 6.07) is 7.70. The molecule has 1 aromatic heterocycles. The predicted molar refractivity (Wildman–Crippen MR) is 74.4 cm³/mol. The van der Waals surface area contributed by atoms with E-state index < -0.39 is 0 Å². The zero-order valence-electron chi connectivity index (χ0n) is 11.5. The summed E-state index contributed by atoms with van der Waals surface area (Å²) in [6.45, 7) is 4.55. The van der Waals surface area contributed by atoms with Crippen LogP contribution in [-0.2, 0) is 13.2 Å². The Hall–Kier alpha value is -1.94. The summed E-state index contributed by atoms with van der Waals surface area (Å²) in [5.74, 6) is 2.55. The van der Waals surface area contributed by atoms with Gasteiger partial charge in [-0.15, -0.1) is 0 Å². The molecule has 4 heteroatoms. The van der Waals surface area contributed by atoms with Crippen LogP contribution in [0.3, 0.4) is 0 Å². The number of nitrogens with one attached hydrogen (secondary N) is 1. The quantitative estimate of drug-likeness (QED) is 0.868. The number of anilines is 1. The first-order valence-corrected chi connectivity index (χ1v) is 6.21.